The number of nitrogens with one attached hydrogen (secondary N) is 1. The van der Waals surface area contributed by atoms with Crippen LogP contribution in [0.2, 0.25) is 0 Å². The van der Waals surface area contributed by atoms with Gasteiger partial charge in [0.25, 0.3) is 16.9 Å². The number of hydrogen-bond acceptors (Lipinski definition) is 7. The Hall–Kier alpha value is -4.93. The van der Waals surface area contributed by atoms with E-state index in [0.717, 1.165) is 0 Å². The number of para-hydroxylation sites is 1. The van der Waals surface area contributed by atoms with Crippen molar-refractivity contribution in [2.24, 2.45) is 10.2 Å². The zero-order valence-corrected chi connectivity index (χ0v) is 16.3. The fourth-order valence-corrected chi connectivity index (χ4v) is 2.98. The number of benzene rings is 3. The first-order valence-corrected chi connectivity index (χ1v) is 9.25. The van der Waals surface area contributed by atoms with Crippen molar-refractivity contribution in [2.45, 2.75) is 0 Å². The van der Waals surface area contributed by atoms with Crippen LogP contribution in [0, 0.1) is 20.2 Å². The minimum Gasteiger partial charge on any atom is -0.288 e. The van der Waals surface area contributed by atoms with Crippen LogP contribution in [0.4, 0.5) is 22.7 Å². The largest absolute Gasteiger partial charge is 0.299 e. The van der Waals surface area contributed by atoms with Gasteiger partial charge < -0.3 is 0 Å². The summed E-state index contributed by atoms with van der Waals surface area (Å²) in [5, 5.41) is 32.9. The van der Waals surface area contributed by atoms with Crippen molar-refractivity contribution in [2.75, 3.05) is 0 Å². The molecule has 158 valence electrons. The summed E-state index contributed by atoms with van der Waals surface area (Å²) in [6.45, 7) is 0. The lowest BCUT2D eigenvalue weighted by Gasteiger charge is -2.01. The Labute approximate surface area is 179 Å². The summed E-state index contributed by atoms with van der Waals surface area (Å²) in [6, 6.07) is 19.9. The van der Waals surface area contributed by atoms with Gasteiger partial charge in [-0.3, -0.25) is 30.1 Å². The summed E-state index contributed by atoms with van der Waals surface area (Å²) in [5.41, 5.74) is 1.03. The monoisotopic (exact) mass is 430 g/mol. The van der Waals surface area contributed by atoms with Crippen molar-refractivity contribution in [3.8, 4) is 16.9 Å². The number of rotatable bonds is 6. The van der Waals surface area contributed by atoms with E-state index in [0.29, 0.717) is 22.6 Å². The molecule has 1 aromatic heterocycles. The van der Waals surface area contributed by atoms with E-state index in [1.54, 1.807) is 24.3 Å². The summed E-state index contributed by atoms with van der Waals surface area (Å²) in [7, 11) is 0. The number of H-pyrrole nitrogens is 1. The highest BCUT2D eigenvalue weighted by Crippen LogP contribution is 2.30. The van der Waals surface area contributed by atoms with Gasteiger partial charge in [0, 0.05) is 29.8 Å². The highest BCUT2D eigenvalue weighted by atomic mass is 16.6. The second-order valence-corrected chi connectivity index (χ2v) is 6.59. The van der Waals surface area contributed by atoms with Gasteiger partial charge in [0.1, 0.15) is 0 Å². The van der Waals surface area contributed by atoms with Crippen LogP contribution in [-0.4, -0.2) is 19.6 Å². The molecule has 11 nitrogen and oxygen atoms in total. The average Bonchev–Trinajstić information content (AvgIpc) is 3.14. The fourth-order valence-electron chi connectivity index (χ4n) is 2.98. The van der Waals surface area contributed by atoms with Gasteiger partial charge in [-0.1, -0.05) is 18.2 Å². The topological polar surface area (TPSA) is 149 Å². The molecule has 32 heavy (non-hydrogen) atoms. The standard InChI is InChI=1S/C21H14N6O5/c28-21-20(23-22-15-8-12-18(13-9-15)27(31)32)19(14-6-10-17(11-7-14)26(29)30)24-25(21)16-4-2-1-3-5-16/h1-13,24H. The molecule has 0 saturated carbocycles. The van der Waals surface area contributed by atoms with E-state index in [-0.39, 0.29) is 17.1 Å². The van der Waals surface area contributed by atoms with E-state index in [1.165, 1.54) is 53.2 Å². The Morgan fingerprint density at radius 1 is 0.750 bits per heavy atom. The van der Waals surface area contributed by atoms with Crippen molar-refractivity contribution in [3.63, 3.8) is 0 Å². The first kappa shape index (κ1) is 20.3. The minimum atomic E-state index is -0.529. The molecule has 4 aromatic rings. The molecule has 3 aromatic carbocycles. The third-order valence-electron chi connectivity index (χ3n) is 4.57. The molecule has 1 heterocycles. The average molecular weight is 430 g/mol. The van der Waals surface area contributed by atoms with Crippen LogP contribution in [0.15, 0.2) is 93.9 Å². The number of aromatic nitrogens is 2. The van der Waals surface area contributed by atoms with Gasteiger partial charge in [-0.15, -0.1) is 5.11 Å². The van der Waals surface area contributed by atoms with Crippen LogP contribution >= 0.6 is 0 Å². The minimum absolute atomic E-state index is 0.0129. The zero-order valence-electron chi connectivity index (χ0n) is 16.3. The Morgan fingerprint density at radius 2 is 1.31 bits per heavy atom. The Kier molecular flexibility index (Phi) is 5.36. The van der Waals surface area contributed by atoms with Crippen molar-refractivity contribution >= 4 is 22.7 Å². The smallest absolute Gasteiger partial charge is 0.288 e. The van der Waals surface area contributed by atoms with Gasteiger partial charge in [-0.25, -0.2) is 4.68 Å². The molecule has 4 rings (SSSR count). The summed E-state index contributed by atoms with van der Waals surface area (Å²) in [6.07, 6.45) is 0. The highest BCUT2D eigenvalue weighted by molar-refractivity contribution is 5.72. The van der Waals surface area contributed by atoms with E-state index in [1.807, 2.05) is 6.07 Å². The molecular formula is C21H14N6O5. The number of aromatic amines is 1. The molecule has 0 unspecified atom stereocenters. The van der Waals surface area contributed by atoms with Gasteiger partial charge in [-0.05, 0) is 36.4 Å². The van der Waals surface area contributed by atoms with Gasteiger partial charge in [0.2, 0.25) is 0 Å². The van der Waals surface area contributed by atoms with E-state index < -0.39 is 15.4 Å². The van der Waals surface area contributed by atoms with Gasteiger partial charge >= 0.3 is 0 Å². The number of non-ortho nitro benzene ring substituents is 2. The molecular weight excluding hydrogens is 416 g/mol. The Balaban J connectivity index is 1.80. The van der Waals surface area contributed by atoms with Gasteiger partial charge in [0.15, 0.2) is 5.69 Å². The molecule has 0 aliphatic carbocycles. The normalized spacial score (nSPS) is 11.0. The van der Waals surface area contributed by atoms with Crippen molar-refractivity contribution < 1.29 is 9.85 Å². The lowest BCUT2D eigenvalue weighted by atomic mass is 10.1. The Morgan fingerprint density at radius 3 is 1.88 bits per heavy atom. The highest BCUT2D eigenvalue weighted by Gasteiger charge is 2.18. The number of nitrogens with zero attached hydrogens (tertiary/aromatic N) is 5. The number of nitro groups is 2. The maximum absolute atomic E-state index is 13.1. The summed E-state index contributed by atoms with van der Waals surface area (Å²) < 4.78 is 1.29. The predicted octanol–water partition coefficient (Wildman–Crippen LogP) is 5.06. The molecule has 0 saturated heterocycles. The fraction of sp³-hybridized carbons (Fsp3) is 0. The zero-order chi connectivity index (χ0) is 22.7. The first-order valence-electron chi connectivity index (χ1n) is 9.25. The van der Waals surface area contributed by atoms with Crippen molar-refractivity contribution in [3.05, 3.63) is 109 Å². The molecule has 11 heteroatoms. The third kappa shape index (κ3) is 4.03. The summed E-state index contributed by atoms with van der Waals surface area (Å²) >= 11 is 0. The van der Waals surface area contributed by atoms with Crippen LogP contribution in [0.1, 0.15) is 0 Å². The van der Waals surface area contributed by atoms with E-state index >= 15 is 0 Å². The predicted molar refractivity (Wildman–Crippen MR) is 116 cm³/mol. The van der Waals surface area contributed by atoms with Gasteiger partial charge in [0.05, 0.1) is 26.9 Å². The van der Waals surface area contributed by atoms with Crippen LogP contribution in [0.3, 0.4) is 0 Å². The SMILES string of the molecule is O=c1c(N=Nc2ccc([N+](=O)[O-])cc2)c(-c2ccc([N+](=O)[O-])cc2)[nH]n1-c1ccccc1. The van der Waals surface area contributed by atoms with Crippen LogP contribution in [0.5, 0.6) is 0 Å². The van der Waals surface area contributed by atoms with Gasteiger partial charge in [-0.2, -0.15) is 5.11 Å². The molecule has 0 amide bonds. The summed E-state index contributed by atoms with van der Waals surface area (Å²) in [4.78, 5) is 33.8. The molecule has 0 aliphatic rings. The maximum Gasteiger partial charge on any atom is 0.299 e. The molecule has 0 spiro atoms. The molecule has 0 atom stereocenters. The van der Waals surface area contributed by atoms with Crippen molar-refractivity contribution in [1.29, 1.82) is 0 Å². The number of hydrogen-bond donors (Lipinski definition) is 1. The van der Waals surface area contributed by atoms with Crippen LogP contribution in [-0.2, 0) is 0 Å². The van der Waals surface area contributed by atoms with Crippen molar-refractivity contribution in [1.82, 2.24) is 9.78 Å². The molecule has 1 N–H and O–H groups in total. The lowest BCUT2D eigenvalue weighted by Crippen LogP contribution is -2.13. The first-order chi connectivity index (χ1) is 15.4. The van der Waals surface area contributed by atoms with E-state index in [4.69, 9.17) is 0 Å². The molecule has 0 radical (unpaired) electrons. The van der Waals surface area contributed by atoms with E-state index in [9.17, 15) is 25.0 Å². The molecule has 0 aliphatic heterocycles. The Bertz CT molecular complexity index is 1370. The maximum atomic E-state index is 13.1. The second-order valence-electron chi connectivity index (χ2n) is 6.59. The number of azo groups is 1. The molecule has 0 bridgehead atoms. The second kappa shape index (κ2) is 8.44. The lowest BCUT2D eigenvalue weighted by molar-refractivity contribution is -0.385. The quantitative estimate of drug-likeness (QED) is 0.258. The van der Waals surface area contributed by atoms with Crippen LogP contribution in [0.25, 0.3) is 16.9 Å². The van der Waals surface area contributed by atoms with E-state index in [2.05, 4.69) is 15.3 Å². The molecule has 0 fully saturated rings. The van der Waals surface area contributed by atoms with Crippen LogP contribution < -0.4 is 5.56 Å². The summed E-state index contributed by atoms with van der Waals surface area (Å²) in [5.74, 6) is 0. The third-order valence-corrected chi connectivity index (χ3v) is 4.57. The number of nitro benzene ring substituents is 2.